The number of benzene rings is 1. The number of fused-ring (bicyclic) bond motifs is 1. The minimum absolute atomic E-state index is 0.380. The molecular formula is C12H15NO3. The number of likely N-dealkylation sites (N-methyl/N-ethyl adjacent to an activating group) is 1. The molecule has 0 radical (unpaired) electrons. The summed E-state index contributed by atoms with van der Waals surface area (Å²) < 4.78 is 5.51. The van der Waals surface area contributed by atoms with Gasteiger partial charge in [-0.3, -0.25) is 0 Å². The van der Waals surface area contributed by atoms with Crippen molar-refractivity contribution in [1.29, 1.82) is 0 Å². The summed E-state index contributed by atoms with van der Waals surface area (Å²) in [5, 5.41) is 8.98. The third-order valence-corrected chi connectivity index (χ3v) is 2.79. The molecule has 1 aromatic carbocycles. The fourth-order valence-electron chi connectivity index (χ4n) is 2.02. The van der Waals surface area contributed by atoms with Gasteiger partial charge in [0.1, 0.15) is 5.75 Å². The molecule has 1 atom stereocenters. The Hall–Kier alpha value is -1.71. The lowest BCUT2D eigenvalue weighted by atomic mass is 10.1. The van der Waals surface area contributed by atoms with E-state index in [1.165, 1.54) is 0 Å². The van der Waals surface area contributed by atoms with Gasteiger partial charge in [0.15, 0.2) is 0 Å². The zero-order valence-electron chi connectivity index (χ0n) is 9.65. The molecule has 1 aromatic rings. The molecule has 0 aliphatic carbocycles. The lowest BCUT2D eigenvalue weighted by Crippen LogP contribution is -2.42. The quantitative estimate of drug-likeness (QED) is 0.782. The number of hydrogen-bond donors (Lipinski definition) is 1. The van der Waals surface area contributed by atoms with E-state index in [2.05, 4.69) is 0 Å². The maximum absolute atomic E-state index is 10.9. The van der Waals surface area contributed by atoms with Gasteiger partial charge in [0.2, 0.25) is 6.10 Å². The van der Waals surface area contributed by atoms with Gasteiger partial charge in [0, 0.05) is 7.05 Å². The summed E-state index contributed by atoms with van der Waals surface area (Å²) in [6.07, 6.45) is -0.779. The van der Waals surface area contributed by atoms with E-state index in [1.807, 2.05) is 37.9 Å². The van der Waals surface area contributed by atoms with Crippen molar-refractivity contribution in [2.75, 3.05) is 18.5 Å². The first kappa shape index (κ1) is 10.8. The molecule has 4 nitrogen and oxygen atoms in total. The third kappa shape index (κ3) is 1.71. The average molecular weight is 221 g/mol. The Labute approximate surface area is 94.4 Å². The van der Waals surface area contributed by atoms with E-state index in [0.29, 0.717) is 12.3 Å². The molecule has 0 bridgehead atoms. The summed E-state index contributed by atoms with van der Waals surface area (Å²) >= 11 is 0. The first-order chi connectivity index (χ1) is 7.49. The fourth-order valence-corrected chi connectivity index (χ4v) is 2.02. The van der Waals surface area contributed by atoms with Gasteiger partial charge in [-0.25, -0.2) is 4.79 Å². The van der Waals surface area contributed by atoms with Crippen LogP contribution >= 0.6 is 0 Å². The van der Waals surface area contributed by atoms with Crippen LogP contribution in [-0.2, 0) is 4.79 Å². The highest BCUT2D eigenvalue weighted by Crippen LogP contribution is 2.36. The van der Waals surface area contributed by atoms with Gasteiger partial charge in [-0.05, 0) is 31.0 Å². The number of carboxylic acids is 1. The predicted molar refractivity (Wildman–Crippen MR) is 61.2 cm³/mol. The second-order valence-electron chi connectivity index (χ2n) is 4.26. The van der Waals surface area contributed by atoms with Gasteiger partial charge < -0.3 is 14.7 Å². The molecule has 1 aliphatic rings. The number of carbonyl (C=O) groups is 1. The summed E-state index contributed by atoms with van der Waals surface area (Å²) in [7, 11) is 1.89. The zero-order valence-corrected chi connectivity index (χ0v) is 9.65. The minimum atomic E-state index is -0.919. The summed E-state index contributed by atoms with van der Waals surface area (Å²) in [6, 6.07) is 4.01. The first-order valence-corrected chi connectivity index (χ1v) is 5.21. The summed E-state index contributed by atoms with van der Waals surface area (Å²) in [5.41, 5.74) is 3.10. The average Bonchev–Trinajstić information content (AvgIpc) is 2.19. The number of ether oxygens (including phenoxy) is 1. The maximum atomic E-state index is 10.9. The molecule has 4 heteroatoms. The topological polar surface area (TPSA) is 49.8 Å². The molecule has 0 fully saturated rings. The Balaban J connectivity index is 2.46. The fraction of sp³-hybridized carbons (Fsp3) is 0.417. The van der Waals surface area contributed by atoms with Crippen LogP contribution in [0.15, 0.2) is 12.1 Å². The molecule has 0 amide bonds. The van der Waals surface area contributed by atoms with Gasteiger partial charge in [-0.15, -0.1) is 0 Å². The van der Waals surface area contributed by atoms with Crippen LogP contribution in [0.3, 0.4) is 0 Å². The third-order valence-electron chi connectivity index (χ3n) is 2.79. The summed E-state index contributed by atoms with van der Waals surface area (Å²) in [5.74, 6) is -0.232. The number of aryl methyl sites for hydroxylation is 2. The zero-order chi connectivity index (χ0) is 11.9. The van der Waals surface area contributed by atoms with Gasteiger partial charge in [0.25, 0.3) is 0 Å². The molecule has 1 aliphatic heterocycles. The Kier molecular flexibility index (Phi) is 2.50. The van der Waals surface area contributed by atoms with Crippen LogP contribution in [0.25, 0.3) is 0 Å². The van der Waals surface area contributed by atoms with Crippen LogP contribution in [0.4, 0.5) is 5.69 Å². The molecule has 0 saturated heterocycles. The van der Waals surface area contributed by atoms with Crippen molar-refractivity contribution in [2.24, 2.45) is 0 Å². The summed E-state index contributed by atoms with van der Waals surface area (Å²) in [4.78, 5) is 12.9. The molecule has 1 N–H and O–H groups in total. The Bertz CT molecular complexity index is 442. The number of hydrogen-bond acceptors (Lipinski definition) is 3. The Morgan fingerprint density at radius 1 is 1.50 bits per heavy atom. The number of anilines is 1. The highest BCUT2D eigenvalue weighted by molar-refractivity contribution is 5.77. The van der Waals surface area contributed by atoms with Crippen LogP contribution in [-0.4, -0.2) is 30.8 Å². The van der Waals surface area contributed by atoms with E-state index in [1.54, 1.807) is 0 Å². The highest BCUT2D eigenvalue weighted by Gasteiger charge is 2.29. The monoisotopic (exact) mass is 221 g/mol. The molecular weight excluding hydrogens is 206 g/mol. The van der Waals surface area contributed by atoms with E-state index in [9.17, 15) is 4.79 Å². The number of aliphatic carboxylic acids is 1. The largest absolute Gasteiger partial charge is 0.478 e. The molecule has 0 saturated carbocycles. The van der Waals surface area contributed by atoms with Crippen LogP contribution < -0.4 is 9.64 Å². The second-order valence-corrected chi connectivity index (χ2v) is 4.26. The SMILES string of the molecule is Cc1cc(C)c2c(c1)N(C)CC(C(=O)O)O2. The molecule has 0 spiro atoms. The second kappa shape index (κ2) is 3.70. The Morgan fingerprint density at radius 2 is 2.19 bits per heavy atom. The number of carboxylic acid groups (broad SMARTS) is 1. The molecule has 86 valence electrons. The molecule has 1 heterocycles. The van der Waals surface area contributed by atoms with Crippen molar-refractivity contribution in [1.82, 2.24) is 0 Å². The summed E-state index contributed by atoms with van der Waals surface area (Å²) in [6.45, 7) is 4.33. The van der Waals surface area contributed by atoms with Crippen molar-refractivity contribution >= 4 is 11.7 Å². The standard InChI is InChI=1S/C12H15NO3/c1-7-4-8(2)11-9(5-7)13(3)6-10(16-11)12(14)15/h4-5,10H,6H2,1-3H3,(H,14,15). The Morgan fingerprint density at radius 3 is 2.81 bits per heavy atom. The van der Waals surface area contributed by atoms with Crippen LogP contribution in [0.1, 0.15) is 11.1 Å². The van der Waals surface area contributed by atoms with Crippen molar-refractivity contribution in [3.63, 3.8) is 0 Å². The van der Waals surface area contributed by atoms with Gasteiger partial charge in [-0.1, -0.05) is 6.07 Å². The highest BCUT2D eigenvalue weighted by atomic mass is 16.5. The lowest BCUT2D eigenvalue weighted by Gasteiger charge is -2.33. The number of rotatable bonds is 1. The van der Waals surface area contributed by atoms with Gasteiger partial charge in [-0.2, -0.15) is 0 Å². The van der Waals surface area contributed by atoms with Crippen LogP contribution in [0, 0.1) is 13.8 Å². The number of nitrogens with zero attached hydrogens (tertiary/aromatic N) is 1. The lowest BCUT2D eigenvalue weighted by molar-refractivity contribution is -0.144. The van der Waals surface area contributed by atoms with Gasteiger partial charge >= 0.3 is 5.97 Å². The van der Waals surface area contributed by atoms with Crippen LogP contribution in [0.5, 0.6) is 5.75 Å². The van der Waals surface area contributed by atoms with Crippen molar-refractivity contribution in [2.45, 2.75) is 20.0 Å². The maximum Gasteiger partial charge on any atom is 0.346 e. The van der Waals surface area contributed by atoms with Gasteiger partial charge in [0.05, 0.1) is 12.2 Å². The normalized spacial score (nSPS) is 18.9. The van der Waals surface area contributed by atoms with Crippen molar-refractivity contribution < 1.29 is 14.6 Å². The van der Waals surface area contributed by atoms with Crippen LogP contribution in [0.2, 0.25) is 0 Å². The van der Waals surface area contributed by atoms with E-state index in [-0.39, 0.29) is 0 Å². The van der Waals surface area contributed by atoms with Crippen molar-refractivity contribution in [3.05, 3.63) is 23.3 Å². The van der Waals surface area contributed by atoms with E-state index < -0.39 is 12.1 Å². The van der Waals surface area contributed by atoms with Crippen molar-refractivity contribution in [3.8, 4) is 5.75 Å². The molecule has 2 rings (SSSR count). The molecule has 16 heavy (non-hydrogen) atoms. The van der Waals surface area contributed by atoms with E-state index >= 15 is 0 Å². The minimum Gasteiger partial charge on any atom is -0.478 e. The van der Waals surface area contributed by atoms with E-state index in [0.717, 1.165) is 16.8 Å². The smallest absolute Gasteiger partial charge is 0.346 e. The molecule has 0 aromatic heterocycles. The van der Waals surface area contributed by atoms with E-state index in [4.69, 9.17) is 9.84 Å². The predicted octanol–water partition coefficient (Wildman–Crippen LogP) is 1.59. The molecule has 1 unspecified atom stereocenters. The first-order valence-electron chi connectivity index (χ1n) is 5.21.